The quantitative estimate of drug-likeness (QED) is 0.444. The summed E-state index contributed by atoms with van der Waals surface area (Å²) in [6.45, 7) is 8.46. The molecule has 1 heterocycles. The van der Waals surface area contributed by atoms with Gasteiger partial charge in [0.15, 0.2) is 5.78 Å². The summed E-state index contributed by atoms with van der Waals surface area (Å²) in [6.07, 6.45) is 15.3. The van der Waals surface area contributed by atoms with Gasteiger partial charge in [0.25, 0.3) is 0 Å². The third-order valence-corrected chi connectivity index (χ3v) is 4.55. The summed E-state index contributed by atoms with van der Waals surface area (Å²) in [4.78, 5) is 25.8. The van der Waals surface area contributed by atoms with Crippen LogP contribution in [0.4, 0.5) is 0 Å². The fraction of sp³-hybridized carbons (Fsp3) is 0.400. The Balaban J connectivity index is 2.13. The highest BCUT2D eigenvalue weighted by Gasteiger charge is 2.50. The molecule has 1 amide bonds. The lowest BCUT2D eigenvalue weighted by molar-refractivity contribution is -0.134. The van der Waals surface area contributed by atoms with Crippen molar-refractivity contribution in [3.63, 3.8) is 0 Å². The molecule has 1 fully saturated rings. The Labute approximate surface area is 138 Å². The highest BCUT2D eigenvalue weighted by molar-refractivity contribution is 5.96. The summed E-state index contributed by atoms with van der Waals surface area (Å²) >= 11 is 0. The zero-order chi connectivity index (χ0) is 17.0. The van der Waals surface area contributed by atoms with E-state index in [0.29, 0.717) is 18.7 Å². The van der Waals surface area contributed by atoms with Crippen LogP contribution in [-0.2, 0) is 9.59 Å². The zero-order valence-corrected chi connectivity index (χ0v) is 13.9. The van der Waals surface area contributed by atoms with Gasteiger partial charge in [-0.15, -0.1) is 6.42 Å². The van der Waals surface area contributed by atoms with Crippen molar-refractivity contribution in [1.29, 1.82) is 0 Å². The standard InChI is InChI=1S/C20H23NO2/c1-5-16(15(4)22)14-17(6-2)18-8-12-21(13-9-18)19(23)20(7-3)10-11-20/h3,5-6,8,14H,2,9-13H2,1,4H3/b16-5+,17-14+. The number of nitrogens with zero attached hydrogens (tertiary/aromatic N) is 1. The van der Waals surface area contributed by atoms with E-state index in [9.17, 15) is 9.59 Å². The van der Waals surface area contributed by atoms with Crippen molar-refractivity contribution in [3.8, 4) is 12.3 Å². The van der Waals surface area contributed by atoms with E-state index >= 15 is 0 Å². The molecule has 1 saturated carbocycles. The smallest absolute Gasteiger partial charge is 0.241 e. The SMILES string of the molecule is C#CC1(C(=O)N2CC=C(/C(C=C)=C/C(=C\C)C(C)=O)CC2)CC1. The fourth-order valence-corrected chi connectivity index (χ4v) is 2.80. The molecule has 3 nitrogen and oxygen atoms in total. The number of rotatable bonds is 5. The lowest BCUT2D eigenvalue weighted by Crippen LogP contribution is -2.39. The highest BCUT2D eigenvalue weighted by Crippen LogP contribution is 2.46. The summed E-state index contributed by atoms with van der Waals surface area (Å²) in [6, 6.07) is 0. The van der Waals surface area contributed by atoms with Gasteiger partial charge in [0.05, 0.1) is 0 Å². The molecule has 120 valence electrons. The molecule has 0 bridgehead atoms. The maximum absolute atomic E-state index is 12.4. The third-order valence-electron chi connectivity index (χ3n) is 4.55. The lowest BCUT2D eigenvalue weighted by Gasteiger charge is -2.29. The van der Waals surface area contributed by atoms with E-state index < -0.39 is 5.41 Å². The largest absolute Gasteiger partial charge is 0.337 e. The fourth-order valence-electron chi connectivity index (χ4n) is 2.80. The molecule has 1 aliphatic heterocycles. The molecule has 23 heavy (non-hydrogen) atoms. The first-order valence-corrected chi connectivity index (χ1v) is 7.95. The van der Waals surface area contributed by atoms with E-state index in [0.717, 1.165) is 30.4 Å². The van der Waals surface area contributed by atoms with Gasteiger partial charge in [0.1, 0.15) is 5.41 Å². The molecule has 1 aliphatic carbocycles. The number of hydrogen-bond donors (Lipinski definition) is 0. The Bertz CT molecular complexity index is 666. The minimum Gasteiger partial charge on any atom is -0.337 e. The van der Waals surface area contributed by atoms with Crippen molar-refractivity contribution in [2.24, 2.45) is 5.41 Å². The Hall–Kier alpha value is -2.34. The summed E-state index contributed by atoms with van der Waals surface area (Å²) in [5, 5.41) is 0. The number of ketones is 1. The van der Waals surface area contributed by atoms with E-state index in [4.69, 9.17) is 6.42 Å². The van der Waals surface area contributed by atoms with Gasteiger partial charge in [-0.25, -0.2) is 0 Å². The summed E-state index contributed by atoms with van der Waals surface area (Å²) in [5.41, 5.74) is 2.20. The first-order valence-electron chi connectivity index (χ1n) is 7.95. The Kier molecular flexibility index (Phi) is 5.05. The van der Waals surface area contributed by atoms with E-state index in [1.165, 1.54) is 0 Å². The van der Waals surface area contributed by atoms with Crippen LogP contribution in [0.25, 0.3) is 0 Å². The number of hydrogen-bond acceptors (Lipinski definition) is 2. The second-order valence-electron chi connectivity index (χ2n) is 6.06. The van der Waals surface area contributed by atoms with Crippen molar-refractivity contribution < 1.29 is 9.59 Å². The van der Waals surface area contributed by atoms with Gasteiger partial charge in [-0.2, -0.15) is 0 Å². The van der Waals surface area contributed by atoms with Gasteiger partial charge in [-0.05, 0) is 50.3 Å². The average molecular weight is 309 g/mol. The second kappa shape index (κ2) is 6.83. The molecule has 0 atom stereocenters. The summed E-state index contributed by atoms with van der Waals surface area (Å²) < 4.78 is 0. The average Bonchev–Trinajstić information content (AvgIpc) is 3.36. The molecule has 2 rings (SSSR count). The number of carbonyl (C=O) groups excluding carboxylic acids is 2. The normalized spacial score (nSPS) is 20.4. The van der Waals surface area contributed by atoms with Crippen LogP contribution >= 0.6 is 0 Å². The van der Waals surface area contributed by atoms with Crippen LogP contribution in [0.1, 0.15) is 33.1 Å². The topological polar surface area (TPSA) is 37.4 Å². The number of Topliss-reactive ketones (excluding diaryl/α,β-unsaturated/α-hetero) is 1. The third kappa shape index (κ3) is 3.53. The molecule has 0 N–H and O–H groups in total. The van der Waals surface area contributed by atoms with Gasteiger partial charge in [-0.3, -0.25) is 9.59 Å². The first kappa shape index (κ1) is 17.0. The van der Waals surface area contributed by atoms with Crippen molar-refractivity contribution in [2.45, 2.75) is 33.1 Å². The molecule has 0 aromatic rings. The van der Waals surface area contributed by atoms with E-state index in [1.54, 1.807) is 19.1 Å². The highest BCUT2D eigenvalue weighted by atomic mass is 16.2. The Morgan fingerprint density at radius 3 is 2.52 bits per heavy atom. The molecule has 0 unspecified atom stereocenters. The molecular weight excluding hydrogens is 286 g/mol. The monoisotopic (exact) mass is 309 g/mol. The second-order valence-corrected chi connectivity index (χ2v) is 6.06. The number of allylic oxidation sites excluding steroid dienone is 5. The van der Waals surface area contributed by atoms with Crippen LogP contribution in [0.15, 0.2) is 47.6 Å². The predicted octanol–water partition coefficient (Wildman–Crippen LogP) is 3.21. The minimum absolute atomic E-state index is 0.0322. The van der Waals surface area contributed by atoms with Gasteiger partial charge in [0.2, 0.25) is 5.91 Å². The molecule has 0 radical (unpaired) electrons. The van der Waals surface area contributed by atoms with E-state index in [2.05, 4.69) is 12.5 Å². The molecule has 0 spiro atoms. The van der Waals surface area contributed by atoms with Crippen molar-refractivity contribution in [1.82, 2.24) is 4.90 Å². The predicted molar refractivity (Wildman–Crippen MR) is 92.5 cm³/mol. The molecule has 0 aromatic carbocycles. The molecule has 2 aliphatic rings. The Morgan fingerprint density at radius 1 is 1.43 bits per heavy atom. The maximum atomic E-state index is 12.4. The van der Waals surface area contributed by atoms with Crippen LogP contribution in [-0.4, -0.2) is 29.7 Å². The van der Waals surface area contributed by atoms with Crippen molar-refractivity contribution in [3.05, 3.63) is 47.6 Å². The van der Waals surface area contributed by atoms with Gasteiger partial charge in [0, 0.05) is 18.7 Å². The van der Waals surface area contributed by atoms with Crippen LogP contribution in [0.2, 0.25) is 0 Å². The van der Waals surface area contributed by atoms with E-state index in [-0.39, 0.29) is 11.7 Å². The van der Waals surface area contributed by atoms with Crippen LogP contribution in [0.3, 0.4) is 0 Å². The number of amides is 1. The van der Waals surface area contributed by atoms with Crippen LogP contribution < -0.4 is 0 Å². The van der Waals surface area contributed by atoms with Crippen LogP contribution in [0.5, 0.6) is 0 Å². The van der Waals surface area contributed by atoms with E-state index in [1.807, 2.05) is 24.0 Å². The van der Waals surface area contributed by atoms with Gasteiger partial charge < -0.3 is 4.90 Å². The van der Waals surface area contributed by atoms with Crippen LogP contribution in [0, 0.1) is 17.8 Å². The van der Waals surface area contributed by atoms with Crippen molar-refractivity contribution >= 4 is 11.7 Å². The first-order chi connectivity index (χ1) is 11.0. The molecule has 0 aromatic heterocycles. The van der Waals surface area contributed by atoms with Gasteiger partial charge >= 0.3 is 0 Å². The molecular formula is C20H23NO2. The molecule has 0 saturated heterocycles. The summed E-state index contributed by atoms with van der Waals surface area (Å²) in [7, 11) is 0. The summed E-state index contributed by atoms with van der Waals surface area (Å²) in [5.74, 6) is 2.77. The minimum atomic E-state index is -0.533. The number of terminal acetylenes is 1. The zero-order valence-electron chi connectivity index (χ0n) is 13.9. The maximum Gasteiger partial charge on any atom is 0.241 e. The van der Waals surface area contributed by atoms with Gasteiger partial charge in [-0.1, -0.05) is 30.7 Å². The Morgan fingerprint density at radius 2 is 2.13 bits per heavy atom. The van der Waals surface area contributed by atoms with Crippen molar-refractivity contribution in [2.75, 3.05) is 13.1 Å². The lowest BCUT2D eigenvalue weighted by atomic mass is 9.95. The molecule has 3 heteroatoms. The number of carbonyl (C=O) groups is 2.